The molecule has 0 aromatic rings. The first-order valence-corrected chi connectivity index (χ1v) is 8.99. The lowest BCUT2D eigenvalue weighted by atomic mass is 9.94. The number of hydrogen-bond donors (Lipinski definition) is 10. The van der Waals surface area contributed by atoms with Gasteiger partial charge in [0.25, 0.3) is 5.79 Å². The topological polar surface area (TPSA) is 230 Å². The third kappa shape index (κ3) is 7.33. The van der Waals surface area contributed by atoms with Crippen molar-refractivity contribution in [2.75, 3.05) is 26.4 Å². The van der Waals surface area contributed by atoms with E-state index < -0.39 is 43.2 Å². The van der Waals surface area contributed by atoms with Crippen molar-refractivity contribution in [1.29, 1.82) is 0 Å². The fourth-order valence-electron chi connectivity index (χ4n) is 2.58. The second-order valence-corrected chi connectivity index (χ2v) is 6.87. The minimum absolute atomic E-state index is 0.148. The summed E-state index contributed by atoms with van der Waals surface area (Å²) >= 11 is 0. The van der Waals surface area contributed by atoms with Gasteiger partial charge in [0.05, 0.1) is 13.2 Å². The SMILES string of the molecule is CCC(O)(O)C(O)(O)C(O)(O)COCC=C(C=CCOC(O)(O)O)C1CNC(=O)C1. The maximum Gasteiger partial charge on any atom is 0.405 e. The van der Waals surface area contributed by atoms with E-state index in [1.165, 1.54) is 25.2 Å². The molecule has 1 atom stereocenters. The third-order valence-electron chi connectivity index (χ3n) is 4.48. The molecule has 30 heavy (non-hydrogen) atoms. The summed E-state index contributed by atoms with van der Waals surface area (Å²) in [5.74, 6) is -10.9. The van der Waals surface area contributed by atoms with Gasteiger partial charge in [-0.1, -0.05) is 25.2 Å². The predicted octanol–water partition coefficient (Wildman–Crippen LogP) is -4.32. The number of rotatable bonds is 12. The summed E-state index contributed by atoms with van der Waals surface area (Å²) in [6.07, 6.45) is 0.421. The summed E-state index contributed by atoms with van der Waals surface area (Å²) in [5, 5.41) is 86.7. The molecule has 0 radical (unpaired) electrons. The number of allylic oxidation sites excluding steroid dienone is 1. The molecule has 1 fully saturated rings. The van der Waals surface area contributed by atoms with Crippen molar-refractivity contribution in [3.05, 3.63) is 23.8 Å². The van der Waals surface area contributed by atoms with Gasteiger partial charge in [-0.05, 0) is 5.57 Å². The molecule has 1 saturated heterocycles. The molecular weight excluding hydrogens is 410 g/mol. The predicted molar refractivity (Wildman–Crippen MR) is 96.3 cm³/mol. The second kappa shape index (κ2) is 10.2. The van der Waals surface area contributed by atoms with Crippen molar-refractivity contribution < 1.29 is 60.2 Å². The molecule has 1 rings (SSSR count). The molecule has 10 N–H and O–H groups in total. The van der Waals surface area contributed by atoms with E-state index in [1.807, 2.05) is 0 Å². The minimum Gasteiger partial charge on any atom is -0.372 e. The van der Waals surface area contributed by atoms with Gasteiger partial charge in [0.2, 0.25) is 17.5 Å². The zero-order valence-corrected chi connectivity index (χ0v) is 16.3. The van der Waals surface area contributed by atoms with Crippen LogP contribution >= 0.6 is 0 Å². The highest BCUT2D eigenvalue weighted by molar-refractivity contribution is 5.79. The molecule has 0 aliphatic carbocycles. The van der Waals surface area contributed by atoms with E-state index in [2.05, 4.69) is 10.1 Å². The molecule has 13 heteroatoms. The van der Waals surface area contributed by atoms with Crippen molar-refractivity contribution >= 4 is 5.91 Å². The molecule has 1 unspecified atom stereocenters. The molecule has 0 aromatic heterocycles. The molecule has 174 valence electrons. The van der Waals surface area contributed by atoms with Crippen LogP contribution in [0.15, 0.2) is 23.8 Å². The second-order valence-electron chi connectivity index (χ2n) is 6.87. The van der Waals surface area contributed by atoms with Crippen LogP contribution in [-0.4, -0.2) is 102 Å². The van der Waals surface area contributed by atoms with Crippen molar-refractivity contribution in [3.63, 3.8) is 0 Å². The Kier molecular flexibility index (Phi) is 9.04. The molecule has 1 aliphatic heterocycles. The summed E-state index contributed by atoms with van der Waals surface area (Å²) in [6, 6.07) is 0. The van der Waals surface area contributed by atoms with Gasteiger partial charge in [0, 0.05) is 25.3 Å². The molecule has 1 heterocycles. The Morgan fingerprint density at radius 3 is 2.20 bits per heavy atom. The van der Waals surface area contributed by atoms with E-state index in [1.54, 1.807) is 0 Å². The van der Waals surface area contributed by atoms with E-state index in [4.69, 9.17) is 20.1 Å². The van der Waals surface area contributed by atoms with E-state index in [0.29, 0.717) is 12.1 Å². The number of aliphatic hydroxyl groups is 9. The minimum atomic E-state index is -3.72. The van der Waals surface area contributed by atoms with E-state index in [9.17, 15) is 35.4 Å². The van der Waals surface area contributed by atoms with E-state index in [-0.39, 0.29) is 24.9 Å². The summed E-state index contributed by atoms with van der Waals surface area (Å²) in [6.45, 7) is -0.327. The van der Waals surface area contributed by atoms with Gasteiger partial charge < -0.3 is 56.0 Å². The van der Waals surface area contributed by atoms with Crippen molar-refractivity contribution in [2.24, 2.45) is 5.92 Å². The quantitative estimate of drug-likeness (QED) is 0.0790. The van der Waals surface area contributed by atoms with Crippen LogP contribution in [0.25, 0.3) is 0 Å². The molecule has 1 amide bonds. The van der Waals surface area contributed by atoms with Crippen LogP contribution in [0.4, 0.5) is 0 Å². The summed E-state index contributed by atoms with van der Waals surface area (Å²) < 4.78 is 9.28. The first-order valence-electron chi connectivity index (χ1n) is 8.99. The van der Waals surface area contributed by atoms with Gasteiger partial charge in [0.15, 0.2) is 0 Å². The number of carbonyl (C=O) groups excluding carboxylic acids is 1. The molecule has 0 spiro atoms. The Hall–Kier alpha value is -1.49. The fraction of sp³-hybridized carbons (Fsp3) is 0.706. The highest BCUT2D eigenvalue weighted by atomic mass is 16.9. The number of carbonyl (C=O) groups is 1. The van der Waals surface area contributed by atoms with Gasteiger partial charge in [-0.25, -0.2) is 0 Å². The number of amides is 1. The average molecular weight is 439 g/mol. The third-order valence-corrected chi connectivity index (χ3v) is 4.48. The molecule has 1 aliphatic rings. The molecule has 0 aromatic carbocycles. The Labute approximate surface area is 171 Å². The Morgan fingerprint density at radius 1 is 1.07 bits per heavy atom. The molecule has 0 bridgehead atoms. The number of ether oxygens (including phenoxy) is 2. The smallest absolute Gasteiger partial charge is 0.372 e. The van der Waals surface area contributed by atoms with Gasteiger partial charge in [0.1, 0.15) is 6.61 Å². The summed E-state index contributed by atoms with van der Waals surface area (Å²) in [7, 11) is 0. The maximum atomic E-state index is 11.4. The Morgan fingerprint density at radius 2 is 1.70 bits per heavy atom. The van der Waals surface area contributed by atoms with Crippen LogP contribution in [-0.2, 0) is 14.3 Å². The normalized spacial score (nSPS) is 19.6. The standard InChI is InChI=1S/C17H29NO12/c1-2-14(20,21)16(24,25)15(22,23)10-29-7-5-11(12-8-13(19)18-9-12)4-3-6-30-17(26,27)28/h3-5,12,20-28H,2,6-10H2,1H3,(H,18,19). The number of nitrogens with one attached hydrogen (secondary N) is 1. The summed E-state index contributed by atoms with van der Waals surface area (Å²) in [4.78, 5) is 11.4. The largest absolute Gasteiger partial charge is 0.405 e. The van der Waals surface area contributed by atoms with Gasteiger partial charge >= 0.3 is 6.16 Å². The zero-order chi connectivity index (χ0) is 23.2. The first-order chi connectivity index (χ1) is 13.6. The molecular formula is C17H29NO12. The van der Waals surface area contributed by atoms with Crippen molar-refractivity contribution in [1.82, 2.24) is 5.32 Å². The summed E-state index contributed by atoms with van der Waals surface area (Å²) in [5.41, 5.74) is 0.518. The van der Waals surface area contributed by atoms with Crippen LogP contribution in [0, 0.1) is 5.92 Å². The molecule has 13 nitrogen and oxygen atoms in total. The highest BCUT2D eigenvalue weighted by Crippen LogP contribution is 2.30. The maximum absolute atomic E-state index is 11.4. The van der Waals surface area contributed by atoms with Gasteiger partial charge in [-0.2, -0.15) is 0 Å². The average Bonchev–Trinajstić information content (AvgIpc) is 3.05. The fourth-order valence-corrected chi connectivity index (χ4v) is 2.58. The van der Waals surface area contributed by atoms with Crippen LogP contribution < -0.4 is 5.32 Å². The van der Waals surface area contributed by atoms with Gasteiger partial charge in [-0.3, -0.25) is 9.53 Å². The Bertz CT molecular complexity index is 635. The van der Waals surface area contributed by atoms with E-state index >= 15 is 0 Å². The monoisotopic (exact) mass is 439 g/mol. The van der Waals surface area contributed by atoms with E-state index in [0.717, 1.165) is 0 Å². The molecule has 0 saturated carbocycles. The van der Waals surface area contributed by atoms with Crippen LogP contribution in [0.1, 0.15) is 19.8 Å². The van der Waals surface area contributed by atoms with Crippen molar-refractivity contribution in [2.45, 2.75) is 43.3 Å². The lowest BCUT2D eigenvalue weighted by Gasteiger charge is -2.41. The lowest BCUT2D eigenvalue weighted by molar-refractivity contribution is -0.457. The van der Waals surface area contributed by atoms with Crippen LogP contribution in [0.5, 0.6) is 0 Å². The van der Waals surface area contributed by atoms with Crippen LogP contribution in [0.3, 0.4) is 0 Å². The lowest BCUT2D eigenvalue weighted by Crippen LogP contribution is -2.69. The first kappa shape index (κ1) is 26.5. The van der Waals surface area contributed by atoms with Crippen molar-refractivity contribution in [3.8, 4) is 0 Å². The van der Waals surface area contributed by atoms with Gasteiger partial charge in [-0.15, -0.1) is 0 Å². The highest BCUT2D eigenvalue weighted by Gasteiger charge is 2.60. The zero-order valence-electron chi connectivity index (χ0n) is 16.3. The van der Waals surface area contributed by atoms with Crippen LogP contribution in [0.2, 0.25) is 0 Å². The number of hydrogen-bond acceptors (Lipinski definition) is 12. The Balaban J connectivity index is 2.77.